The molecule has 3 heterocycles. The third-order valence-electron chi connectivity index (χ3n) is 6.90. The molecule has 0 saturated carbocycles. The summed E-state index contributed by atoms with van der Waals surface area (Å²) in [6.45, 7) is 1.38. The molecule has 1 aromatic heterocycles. The molecule has 3 atom stereocenters. The second-order valence-electron chi connectivity index (χ2n) is 9.57. The first-order valence-corrected chi connectivity index (χ1v) is 14.7. The lowest BCUT2D eigenvalue weighted by molar-refractivity contribution is -0.125. The van der Waals surface area contributed by atoms with Gasteiger partial charge in [-0.05, 0) is 49.7 Å². The Labute approximate surface area is 236 Å². The van der Waals surface area contributed by atoms with Crippen molar-refractivity contribution in [3.05, 3.63) is 70.3 Å². The van der Waals surface area contributed by atoms with Crippen molar-refractivity contribution >= 4 is 45.0 Å². The predicted octanol–water partition coefficient (Wildman–Crippen LogP) is 2.94. The quantitative estimate of drug-likeness (QED) is 0.384. The van der Waals surface area contributed by atoms with Gasteiger partial charge in [-0.2, -0.15) is 4.31 Å². The molecule has 5 rings (SSSR count). The zero-order valence-electron chi connectivity index (χ0n) is 20.8. The van der Waals surface area contributed by atoms with Crippen LogP contribution in [-0.4, -0.2) is 68.0 Å². The highest BCUT2D eigenvalue weighted by atomic mass is 35.5. The Morgan fingerprint density at radius 1 is 1.05 bits per heavy atom. The van der Waals surface area contributed by atoms with Gasteiger partial charge in [0.05, 0.1) is 21.9 Å². The Morgan fingerprint density at radius 2 is 1.85 bits per heavy atom. The Bertz CT molecular complexity index is 1460. The second kappa shape index (κ2) is 11.6. The van der Waals surface area contributed by atoms with E-state index in [1.54, 1.807) is 36.4 Å². The second-order valence-corrected chi connectivity index (χ2v) is 12.4. The number of piperidine rings is 1. The normalized spacial score (nSPS) is 21.9. The van der Waals surface area contributed by atoms with Crippen LogP contribution in [0.2, 0.25) is 10.0 Å². The highest BCUT2D eigenvalue weighted by molar-refractivity contribution is 7.89. The van der Waals surface area contributed by atoms with Crippen LogP contribution < -0.4 is 16.0 Å². The number of aromatic nitrogens is 1. The van der Waals surface area contributed by atoms with E-state index in [1.807, 2.05) is 0 Å². The van der Waals surface area contributed by atoms with E-state index in [0.717, 1.165) is 19.4 Å². The topological polar surface area (TPSA) is 134 Å². The number of hydrogen-bond donors (Lipinski definition) is 3. The number of halogens is 2. The monoisotopic (exact) mass is 591 g/mol. The van der Waals surface area contributed by atoms with Gasteiger partial charge in [-0.25, -0.2) is 8.42 Å². The molecule has 2 amide bonds. The van der Waals surface area contributed by atoms with Crippen LogP contribution in [0.5, 0.6) is 0 Å². The predicted molar refractivity (Wildman–Crippen MR) is 146 cm³/mol. The number of sulfonamides is 1. The van der Waals surface area contributed by atoms with Crippen LogP contribution in [0.1, 0.15) is 23.3 Å². The van der Waals surface area contributed by atoms with E-state index in [-0.39, 0.29) is 41.4 Å². The van der Waals surface area contributed by atoms with Crippen molar-refractivity contribution in [3.63, 3.8) is 0 Å². The van der Waals surface area contributed by atoms with Crippen LogP contribution in [0.25, 0.3) is 11.3 Å². The van der Waals surface area contributed by atoms with Crippen molar-refractivity contribution in [1.82, 2.24) is 25.4 Å². The van der Waals surface area contributed by atoms with Crippen molar-refractivity contribution in [1.29, 1.82) is 0 Å². The molecule has 0 spiro atoms. The van der Waals surface area contributed by atoms with Crippen molar-refractivity contribution in [2.24, 2.45) is 5.92 Å². The molecule has 2 aliphatic heterocycles. The molecule has 39 heavy (non-hydrogen) atoms. The summed E-state index contributed by atoms with van der Waals surface area (Å²) < 4.78 is 33.2. The lowest BCUT2D eigenvalue weighted by Gasteiger charge is -2.26. The van der Waals surface area contributed by atoms with E-state index < -0.39 is 27.9 Å². The first-order valence-electron chi connectivity index (χ1n) is 12.5. The molecular formula is C26H27Cl2N5O5S. The van der Waals surface area contributed by atoms with Gasteiger partial charge in [0.25, 0.3) is 5.91 Å². The summed E-state index contributed by atoms with van der Waals surface area (Å²) >= 11 is 12.2. The summed E-state index contributed by atoms with van der Waals surface area (Å²) in [7, 11) is -3.88. The van der Waals surface area contributed by atoms with Crippen LogP contribution >= 0.6 is 23.2 Å². The Kier molecular flexibility index (Phi) is 8.24. The highest BCUT2D eigenvalue weighted by Gasteiger charge is 2.44. The van der Waals surface area contributed by atoms with Gasteiger partial charge >= 0.3 is 0 Å². The standard InChI is InChI=1S/C26H27Cl2N5O5S/c27-16-8-9-19(21(28)11-16)24-12-22(32-38-24)26(35)31-23-15-33(39(36,37)18-6-2-1-3-7-18)14-20(23)25(34)30-17-5-4-10-29-13-17/h1-3,6-9,11-12,17,20,23,29H,4-5,10,13-15H2,(H,30,34)(H,31,35)/t17-,20-,23-/m0/s1. The highest BCUT2D eigenvalue weighted by Crippen LogP contribution is 2.31. The molecular weight excluding hydrogens is 565 g/mol. The molecule has 2 saturated heterocycles. The molecule has 0 bridgehead atoms. The third-order valence-corrected chi connectivity index (χ3v) is 9.30. The van der Waals surface area contributed by atoms with Gasteiger partial charge in [0.2, 0.25) is 15.9 Å². The molecule has 206 valence electrons. The number of hydrogen-bond acceptors (Lipinski definition) is 7. The average Bonchev–Trinajstić information content (AvgIpc) is 3.58. The number of nitrogens with one attached hydrogen (secondary N) is 3. The maximum absolute atomic E-state index is 13.3. The first kappa shape index (κ1) is 27.6. The number of benzene rings is 2. The minimum atomic E-state index is -3.88. The number of carbonyl (C=O) groups is 2. The van der Waals surface area contributed by atoms with Crippen LogP contribution in [0, 0.1) is 5.92 Å². The Hall–Kier alpha value is -2.96. The van der Waals surface area contributed by atoms with Crippen molar-refractivity contribution in [2.75, 3.05) is 26.2 Å². The van der Waals surface area contributed by atoms with Crippen molar-refractivity contribution < 1.29 is 22.5 Å². The minimum absolute atomic E-state index is 0.0315. The van der Waals surface area contributed by atoms with E-state index in [2.05, 4.69) is 21.1 Å². The number of carbonyl (C=O) groups excluding carboxylic acids is 2. The smallest absolute Gasteiger partial charge is 0.273 e. The van der Waals surface area contributed by atoms with Crippen molar-refractivity contribution in [2.45, 2.75) is 29.8 Å². The summed E-state index contributed by atoms with van der Waals surface area (Å²) in [5.74, 6) is -1.45. The molecule has 10 nitrogen and oxygen atoms in total. The largest absolute Gasteiger partial charge is 0.355 e. The number of amides is 2. The van der Waals surface area contributed by atoms with E-state index in [4.69, 9.17) is 27.7 Å². The molecule has 0 aliphatic carbocycles. The third kappa shape index (κ3) is 6.12. The lowest BCUT2D eigenvalue weighted by atomic mass is 10.0. The van der Waals surface area contributed by atoms with Gasteiger partial charge in [-0.1, -0.05) is 46.6 Å². The molecule has 0 unspecified atom stereocenters. The van der Waals surface area contributed by atoms with Gasteiger partial charge in [-0.15, -0.1) is 0 Å². The summed E-state index contributed by atoms with van der Waals surface area (Å²) in [5, 5.41) is 13.7. The van der Waals surface area contributed by atoms with Gasteiger partial charge in [-0.3, -0.25) is 9.59 Å². The van der Waals surface area contributed by atoms with Gasteiger partial charge in [0.15, 0.2) is 11.5 Å². The summed E-state index contributed by atoms with van der Waals surface area (Å²) in [6, 6.07) is 13.4. The SMILES string of the molecule is O=C(N[C@H]1CN(S(=O)(=O)c2ccccc2)C[C@@H]1C(=O)N[C@H]1CCCNC1)c1cc(-c2ccc(Cl)cc2Cl)on1. The van der Waals surface area contributed by atoms with Crippen LogP contribution in [-0.2, 0) is 14.8 Å². The first-order chi connectivity index (χ1) is 18.7. The average molecular weight is 593 g/mol. The molecule has 0 radical (unpaired) electrons. The minimum Gasteiger partial charge on any atom is -0.355 e. The van der Waals surface area contributed by atoms with E-state index >= 15 is 0 Å². The molecule has 3 aromatic rings. The zero-order valence-corrected chi connectivity index (χ0v) is 23.1. The van der Waals surface area contributed by atoms with Crippen LogP contribution in [0.4, 0.5) is 0 Å². The van der Waals surface area contributed by atoms with Crippen molar-refractivity contribution in [3.8, 4) is 11.3 Å². The molecule has 2 aliphatic rings. The van der Waals surface area contributed by atoms with Crippen LogP contribution in [0.15, 0.2) is 64.0 Å². The molecule has 2 fully saturated rings. The fourth-order valence-corrected chi connectivity index (χ4v) is 6.86. The fourth-order valence-electron chi connectivity index (χ4n) is 4.84. The van der Waals surface area contributed by atoms with E-state index in [1.165, 1.54) is 22.5 Å². The fraction of sp³-hybridized carbons (Fsp3) is 0.346. The van der Waals surface area contributed by atoms with E-state index in [9.17, 15) is 18.0 Å². The van der Waals surface area contributed by atoms with Gasteiger partial charge in [0.1, 0.15) is 0 Å². The number of rotatable bonds is 7. The van der Waals surface area contributed by atoms with E-state index in [0.29, 0.717) is 22.2 Å². The van der Waals surface area contributed by atoms with Gasteiger partial charge < -0.3 is 20.5 Å². The summed E-state index contributed by atoms with van der Waals surface area (Å²) in [4.78, 5) is 26.6. The Balaban J connectivity index is 1.36. The lowest BCUT2D eigenvalue weighted by Crippen LogP contribution is -2.51. The maximum atomic E-state index is 13.3. The summed E-state index contributed by atoms with van der Waals surface area (Å²) in [5.41, 5.74) is 0.475. The Morgan fingerprint density at radius 3 is 2.56 bits per heavy atom. The summed E-state index contributed by atoms with van der Waals surface area (Å²) in [6.07, 6.45) is 1.75. The van der Waals surface area contributed by atoms with Gasteiger partial charge in [0, 0.05) is 42.3 Å². The molecule has 13 heteroatoms. The number of nitrogens with zero attached hydrogens (tertiary/aromatic N) is 2. The maximum Gasteiger partial charge on any atom is 0.273 e. The molecule has 3 N–H and O–H groups in total. The van der Waals surface area contributed by atoms with Crippen LogP contribution in [0.3, 0.4) is 0 Å². The zero-order chi connectivity index (χ0) is 27.6. The molecule has 2 aromatic carbocycles.